The van der Waals surface area contributed by atoms with Crippen LogP contribution in [0.25, 0.3) is 0 Å². The van der Waals surface area contributed by atoms with Crippen molar-refractivity contribution in [2.75, 3.05) is 37.7 Å². The third-order valence-corrected chi connectivity index (χ3v) is 7.08. The Kier molecular flexibility index (Phi) is 4.78. The second-order valence-electron chi connectivity index (χ2n) is 5.58. The number of hydrogen-bond acceptors (Lipinski definition) is 4. The third kappa shape index (κ3) is 3.05. The van der Waals surface area contributed by atoms with Gasteiger partial charge in [-0.25, -0.2) is 8.42 Å². The van der Waals surface area contributed by atoms with Gasteiger partial charge in [-0.1, -0.05) is 6.92 Å². The minimum atomic E-state index is -3.60. The molecule has 1 saturated heterocycles. The van der Waals surface area contributed by atoms with Crippen molar-refractivity contribution in [2.45, 2.75) is 24.7 Å². The average molecular weight is 403 g/mol. The van der Waals surface area contributed by atoms with Gasteiger partial charge < -0.3 is 9.64 Å². The first-order valence-electron chi connectivity index (χ1n) is 7.66. The molecule has 0 atom stereocenters. The molecule has 0 saturated carbocycles. The van der Waals surface area contributed by atoms with Gasteiger partial charge in [-0.3, -0.25) is 4.79 Å². The summed E-state index contributed by atoms with van der Waals surface area (Å²) >= 11 is 3.39. The topological polar surface area (TPSA) is 66.9 Å². The predicted octanol–water partition coefficient (Wildman–Crippen LogP) is 1.77. The number of benzene rings is 1. The summed E-state index contributed by atoms with van der Waals surface area (Å²) in [6.07, 6.45) is 1.15. The van der Waals surface area contributed by atoms with Gasteiger partial charge in [0.25, 0.3) is 0 Å². The monoisotopic (exact) mass is 402 g/mol. The van der Waals surface area contributed by atoms with Gasteiger partial charge in [0, 0.05) is 36.2 Å². The highest BCUT2D eigenvalue weighted by atomic mass is 79.9. The number of anilines is 1. The minimum Gasteiger partial charge on any atom is -0.379 e. The largest absolute Gasteiger partial charge is 0.379 e. The van der Waals surface area contributed by atoms with Crippen molar-refractivity contribution in [1.82, 2.24) is 4.31 Å². The molecule has 0 aliphatic carbocycles. The molecule has 1 amide bonds. The van der Waals surface area contributed by atoms with Gasteiger partial charge in [-0.05, 0) is 40.0 Å². The molecule has 0 spiro atoms. The Morgan fingerprint density at radius 2 is 1.96 bits per heavy atom. The fraction of sp³-hybridized carbons (Fsp3) is 0.533. The van der Waals surface area contributed by atoms with E-state index in [2.05, 4.69) is 15.9 Å². The van der Waals surface area contributed by atoms with E-state index in [-0.39, 0.29) is 10.8 Å². The summed E-state index contributed by atoms with van der Waals surface area (Å²) in [6.45, 7) is 3.93. The first-order valence-corrected chi connectivity index (χ1v) is 9.89. The highest BCUT2D eigenvalue weighted by Gasteiger charge is 2.32. The van der Waals surface area contributed by atoms with Gasteiger partial charge in [-0.2, -0.15) is 4.31 Å². The van der Waals surface area contributed by atoms with Crippen molar-refractivity contribution in [3.05, 3.63) is 22.2 Å². The quantitative estimate of drug-likeness (QED) is 0.772. The second-order valence-corrected chi connectivity index (χ2v) is 8.34. The van der Waals surface area contributed by atoms with E-state index in [4.69, 9.17) is 4.74 Å². The fourth-order valence-electron chi connectivity index (χ4n) is 2.96. The number of fused-ring (bicyclic) bond motifs is 1. The standard InChI is InChI=1S/C15H19BrN2O4S/c1-2-15(19)18-4-3-11-9-12(16)14(10-13(11)18)23(20,21)17-5-7-22-8-6-17/h9-10H,2-8H2,1H3. The maximum atomic E-state index is 12.9. The number of morpholine rings is 1. The van der Waals surface area contributed by atoms with Gasteiger partial charge >= 0.3 is 0 Å². The molecule has 2 heterocycles. The summed E-state index contributed by atoms with van der Waals surface area (Å²) in [5.74, 6) is 0.0146. The van der Waals surface area contributed by atoms with E-state index in [1.165, 1.54) is 4.31 Å². The number of ether oxygens (including phenoxy) is 1. The molecule has 126 valence electrons. The van der Waals surface area contributed by atoms with Gasteiger partial charge in [-0.15, -0.1) is 0 Å². The summed E-state index contributed by atoms with van der Waals surface area (Å²) in [7, 11) is -3.60. The van der Waals surface area contributed by atoms with Gasteiger partial charge in [0.05, 0.1) is 18.1 Å². The predicted molar refractivity (Wildman–Crippen MR) is 90.1 cm³/mol. The molecule has 8 heteroatoms. The maximum Gasteiger partial charge on any atom is 0.244 e. The first-order chi connectivity index (χ1) is 10.9. The van der Waals surface area contributed by atoms with E-state index >= 15 is 0 Å². The molecule has 0 aromatic heterocycles. The zero-order valence-corrected chi connectivity index (χ0v) is 15.3. The van der Waals surface area contributed by atoms with Crippen LogP contribution in [0.5, 0.6) is 0 Å². The lowest BCUT2D eigenvalue weighted by Crippen LogP contribution is -2.40. The van der Waals surface area contributed by atoms with Crippen LogP contribution in [0.3, 0.4) is 0 Å². The number of amides is 1. The molecule has 1 aromatic rings. The molecule has 2 aliphatic heterocycles. The lowest BCUT2D eigenvalue weighted by Gasteiger charge is -2.27. The number of halogens is 1. The molecule has 23 heavy (non-hydrogen) atoms. The number of carbonyl (C=O) groups excluding carboxylic acids is 1. The maximum absolute atomic E-state index is 12.9. The van der Waals surface area contributed by atoms with Crippen LogP contribution >= 0.6 is 15.9 Å². The van der Waals surface area contributed by atoms with Crippen LogP contribution in [-0.2, 0) is 26.0 Å². The highest BCUT2D eigenvalue weighted by molar-refractivity contribution is 9.10. The highest BCUT2D eigenvalue weighted by Crippen LogP contribution is 2.36. The third-order valence-electron chi connectivity index (χ3n) is 4.22. The van der Waals surface area contributed by atoms with Gasteiger partial charge in [0.1, 0.15) is 0 Å². The van der Waals surface area contributed by atoms with Crippen LogP contribution in [0, 0.1) is 0 Å². The number of hydrogen-bond donors (Lipinski definition) is 0. The van der Waals surface area contributed by atoms with Crippen LogP contribution < -0.4 is 4.90 Å². The van der Waals surface area contributed by atoms with E-state index in [9.17, 15) is 13.2 Å². The molecular weight excluding hydrogens is 384 g/mol. The number of rotatable bonds is 3. The molecule has 0 unspecified atom stereocenters. The normalized spacial score (nSPS) is 19.0. The summed E-state index contributed by atoms with van der Waals surface area (Å²) in [5, 5.41) is 0. The molecule has 0 bridgehead atoms. The van der Waals surface area contributed by atoms with Crippen LogP contribution in [0.2, 0.25) is 0 Å². The van der Waals surface area contributed by atoms with Crippen LogP contribution in [0.4, 0.5) is 5.69 Å². The Balaban J connectivity index is 2.02. The lowest BCUT2D eigenvalue weighted by atomic mass is 10.2. The Hall–Kier alpha value is -0.960. The fourth-order valence-corrected chi connectivity index (χ4v) is 5.44. The van der Waals surface area contributed by atoms with Crippen LogP contribution in [0.15, 0.2) is 21.5 Å². The zero-order chi connectivity index (χ0) is 16.6. The van der Waals surface area contributed by atoms with Gasteiger partial charge in [0.2, 0.25) is 15.9 Å². The van der Waals surface area contributed by atoms with Crippen molar-refractivity contribution in [3.63, 3.8) is 0 Å². The molecule has 2 aliphatic rings. The Labute approximate surface area is 144 Å². The summed E-state index contributed by atoms with van der Waals surface area (Å²) < 4.78 is 33.0. The molecule has 6 nitrogen and oxygen atoms in total. The number of carbonyl (C=O) groups is 1. The molecule has 1 aromatic carbocycles. The van der Waals surface area contributed by atoms with Crippen molar-refractivity contribution in [3.8, 4) is 0 Å². The van der Waals surface area contributed by atoms with Crippen molar-refractivity contribution in [2.24, 2.45) is 0 Å². The summed E-state index contributed by atoms with van der Waals surface area (Å²) in [5.41, 5.74) is 1.71. The van der Waals surface area contributed by atoms with E-state index < -0.39 is 10.0 Å². The van der Waals surface area contributed by atoms with Crippen LogP contribution in [-0.4, -0.2) is 51.5 Å². The van der Waals surface area contributed by atoms with Gasteiger partial charge in [0.15, 0.2) is 0 Å². The Bertz CT molecular complexity index is 729. The van der Waals surface area contributed by atoms with E-state index in [1.54, 1.807) is 11.0 Å². The molecule has 3 rings (SSSR count). The smallest absolute Gasteiger partial charge is 0.244 e. The summed E-state index contributed by atoms with van der Waals surface area (Å²) in [6, 6.07) is 3.45. The molecule has 0 N–H and O–H groups in total. The minimum absolute atomic E-state index is 0.0146. The zero-order valence-electron chi connectivity index (χ0n) is 12.9. The van der Waals surface area contributed by atoms with Crippen molar-refractivity contribution in [1.29, 1.82) is 0 Å². The lowest BCUT2D eigenvalue weighted by molar-refractivity contribution is -0.118. The Morgan fingerprint density at radius 3 is 2.61 bits per heavy atom. The second kappa shape index (κ2) is 6.51. The average Bonchev–Trinajstić information content (AvgIpc) is 2.96. The van der Waals surface area contributed by atoms with E-state index in [0.717, 1.165) is 12.0 Å². The van der Waals surface area contributed by atoms with E-state index in [1.807, 2.05) is 13.0 Å². The molecule has 1 fully saturated rings. The number of nitrogens with zero attached hydrogens (tertiary/aromatic N) is 2. The van der Waals surface area contributed by atoms with Crippen LogP contribution in [0.1, 0.15) is 18.9 Å². The molecule has 0 radical (unpaired) electrons. The summed E-state index contributed by atoms with van der Waals surface area (Å²) in [4.78, 5) is 14.0. The SMILES string of the molecule is CCC(=O)N1CCc2cc(Br)c(S(=O)(=O)N3CCOCC3)cc21. The molecular formula is C15H19BrN2O4S. The van der Waals surface area contributed by atoms with E-state index in [0.29, 0.717) is 49.4 Å². The van der Waals surface area contributed by atoms with Crippen molar-refractivity contribution < 1.29 is 17.9 Å². The Morgan fingerprint density at radius 1 is 1.26 bits per heavy atom. The van der Waals surface area contributed by atoms with Crippen molar-refractivity contribution >= 4 is 37.5 Å². The number of sulfonamides is 1. The first kappa shape index (κ1) is 16.9.